The average molecular weight is 290 g/mol. The molecule has 2 aliphatic rings. The van der Waals surface area contributed by atoms with Gasteiger partial charge in [-0.3, -0.25) is 4.79 Å². The summed E-state index contributed by atoms with van der Waals surface area (Å²) in [6.45, 7) is 5.93. The molecule has 1 aromatic rings. The predicted octanol–water partition coefficient (Wildman–Crippen LogP) is 2.26. The first-order valence-electron chi connectivity index (χ1n) is 8.12. The van der Waals surface area contributed by atoms with Crippen LogP contribution in [0.1, 0.15) is 43.5 Å². The monoisotopic (exact) mass is 290 g/mol. The molecule has 1 aliphatic heterocycles. The molecule has 0 spiro atoms. The molecule has 116 valence electrons. The van der Waals surface area contributed by atoms with E-state index in [0.29, 0.717) is 13.1 Å². The molecule has 4 nitrogen and oxygen atoms in total. The van der Waals surface area contributed by atoms with Crippen molar-refractivity contribution in [3.05, 3.63) is 23.5 Å². The third-order valence-corrected chi connectivity index (χ3v) is 5.49. The minimum absolute atomic E-state index is 0.185. The molecule has 4 heteroatoms. The number of fused-ring (bicyclic) bond motifs is 1. The molecule has 2 atom stereocenters. The van der Waals surface area contributed by atoms with Gasteiger partial charge in [-0.25, -0.2) is 0 Å². The van der Waals surface area contributed by atoms with Crippen LogP contribution in [0.4, 0.5) is 0 Å². The van der Waals surface area contributed by atoms with Crippen molar-refractivity contribution >= 4 is 5.91 Å². The van der Waals surface area contributed by atoms with E-state index in [0.717, 1.165) is 43.6 Å². The molecule has 2 fully saturated rings. The van der Waals surface area contributed by atoms with Gasteiger partial charge in [0.1, 0.15) is 6.54 Å². The second kappa shape index (κ2) is 5.48. The number of aromatic nitrogens is 1. The minimum Gasteiger partial charge on any atom is -0.389 e. The summed E-state index contributed by atoms with van der Waals surface area (Å²) in [5.74, 6) is 0.459. The zero-order valence-corrected chi connectivity index (χ0v) is 13.1. The molecule has 1 amide bonds. The second-order valence-corrected chi connectivity index (χ2v) is 6.84. The maximum absolute atomic E-state index is 12.6. The van der Waals surface area contributed by atoms with Crippen LogP contribution in [0.5, 0.6) is 0 Å². The maximum Gasteiger partial charge on any atom is 0.242 e. The van der Waals surface area contributed by atoms with Crippen LogP contribution in [-0.4, -0.2) is 39.2 Å². The summed E-state index contributed by atoms with van der Waals surface area (Å²) in [6.07, 6.45) is 5.03. The molecular weight excluding hydrogens is 264 g/mol. The van der Waals surface area contributed by atoms with Gasteiger partial charge in [0, 0.05) is 30.4 Å². The van der Waals surface area contributed by atoms with Crippen LogP contribution in [-0.2, 0) is 11.3 Å². The van der Waals surface area contributed by atoms with E-state index in [-0.39, 0.29) is 11.8 Å². The Hall–Kier alpha value is -1.29. The van der Waals surface area contributed by atoms with E-state index in [1.54, 1.807) is 0 Å². The number of aliphatic hydroxyl groups is 1. The first kappa shape index (κ1) is 14.6. The standard InChI is InChI=1S/C17H26N2O2/c1-13-6-7-14(2)19(13)12-16(20)18-10-9-17(21)8-4-3-5-15(17)11-18/h6-7,15,21H,3-5,8-12H2,1-2H3/t15-,17+/m0/s1. The Morgan fingerprint density at radius 1 is 1.29 bits per heavy atom. The Morgan fingerprint density at radius 2 is 2.00 bits per heavy atom. The fourth-order valence-corrected chi connectivity index (χ4v) is 3.98. The fraction of sp³-hybridized carbons (Fsp3) is 0.706. The second-order valence-electron chi connectivity index (χ2n) is 6.84. The zero-order chi connectivity index (χ0) is 15.0. The van der Waals surface area contributed by atoms with Crippen LogP contribution in [0, 0.1) is 19.8 Å². The van der Waals surface area contributed by atoms with Gasteiger partial charge in [0.05, 0.1) is 5.60 Å². The highest BCUT2D eigenvalue weighted by Crippen LogP contribution is 2.39. The highest BCUT2D eigenvalue weighted by molar-refractivity contribution is 5.76. The fourth-order valence-electron chi connectivity index (χ4n) is 3.98. The van der Waals surface area contributed by atoms with Crippen LogP contribution in [0.3, 0.4) is 0 Å². The summed E-state index contributed by atoms with van der Waals surface area (Å²) in [6, 6.07) is 4.11. The van der Waals surface area contributed by atoms with E-state index >= 15 is 0 Å². The molecule has 1 aromatic heterocycles. The number of nitrogens with zero attached hydrogens (tertiary/aromatic N) is 2. The van der Waals surface area contributed by atoms with Crippen LogP contribution < -0.4 is 0 Å². The SMILES string of the molecule is Cc1ccc(C)n1CC(=O)N1CC[C@]2(O)CCCC[C@H]2C1. The number of carbonyl (C=O) groups excluding carboxylic acids is 1. The quantitative estimate of drug-likeness (QED) is 0.908. The number of hydrogen-bond donors (Lipinski definition) is 1. The summed E-state index contributed by atoms with van der Waals surface area (Å²) in [5.41, 5.74) is 1.76. The Morgan fingerprint density at radius 3 is 2.71 bits per heavy atom. The first-order chi connectivity index (χ1) is 9.99. The van der Waals surface area contributed by atoms with E-state index in [4.69, 9.17) is 0 Å². The van der Waals surface area contributed by atoms with Crippen molar-refractivity contribution in [3.63, 3.8) is 0 Å². The topological polar surface area (TPSA) is 45.5 Å². The number of piperidine rings is 1. The van der Waals surface area contributed by atoms with Crippen molar-refractivity contribution < 1.29 is 9.90 Å². The number of amides is 1. The molecule has 1 saturated heterocycles. The smallest absolute Gasteiger partial charge is 0.242 e. The first-order valence-corrected chi connectivity index (χ1v) is 8.12. The molecule has 1 aliphatic carbocycles. The molecule has 1 saturated carbocycles. The van der Waals surface area contributed by atoms with Crippen LogP contribution in [0.15, 0.2) is 12.1 Å². The Kier molecular flexibility index (Phi) is 3.82. The molecular formula is C17H26N2O2. The van der Waals surface area contributed by atoms with Crippen LogP contribution >= 0.6 is 0 Å². The average Bonchev–Trinajstić information content (AvgIpc) is 2.78. The lowest BCUT2D eigenvalue weighted by atomic mass is 9.71. The summed E-state index contributed by atoms with van der Waals surface area (Å²) in [7, 11) is 0. The van der Waals surface area contributed by atoms with Gasteiger partial charge in [-0.15, -0.1) is 0 Å². The van der Waals surface area contributed by atoms with Crippen molar-refractivity contribution in [1.82, 2.24) is 9.47 Å². The van der Waals surface area contributed by atoms with Crippen molar-refractivity contribution in [2.75, 3.05) is 13.1 Å². The molecule has 2 heterocycles. The van der Waals surface area contributed by atoms with Gasteiger partial charge in [0.25, 0.3) is 0 Å². The molecule has 0 unspecified atom stereocenters. The molecule has 0 bridgehead atoms. The molecule has 1 N–H and O–H groups in total. The van der Waals surface area contributed by atoms with Crippen molar-refractivity contribution in [3.8, 4) is 0 Å². The summed E-state index contributed by atoms with van der Waals surface area (Å²) in [5, 5.41) is 10.7. The van der Waals surface area contributed by atoms with E-state index in [9.17, 15) is 9.90 Å². The van der Waals surface area contributed by atoms with Crippen molar-refractivity contribution in [1.29, 1.82) is 0 Å². The van der Waals surface area contributed by atoms with E-state index < -0.39 is 5.60 Å². The van der Waals surface area contributed by atoms with Gasteiger partial charge in [-0.2, -0.15) is 0 Å². The lowest BCUT2D eigenvalue weighted by molar-refractivity contribution is -0.144. The molecule has 3 rings (SSSR count). The normalized spacial score (nSPS) is 29.3. The van der Waals surface area contributed by atoms with E-state index in [1.807, 2.05) is 18.7 Å². The van der Waals surface area contributed by atoms with Crippen molar-refractivity contribution in [2.24, 2.45) is 5.92 Å². The maximum atomic E-state index is 12.6. The molecule has 21 heavy (non-hydrogen) atoms. The third-order valence-electron chi connectivity index (χ3n) is 5.49. The van der Waals surface area contributed by atoms with Gasteiger partial charge in [0.2, 0.25) is 5.91 Å². The summed E-state index contributed by atoms with van der Waals surface area (Å²) in [4.78, 5) is 14.5. The lowest BCUT2D eigenvalue weighted by Crippen LogP contribution is -2.55. The van der Waals surface area contributed by atoms with Gasteiger partial charge in [-0.05, 0) is 45.2 Å². The van der Waals surface area contributed by atoms with Gasteiger partial charge >= 0.3 is 0 Å². The Bertz CT molecular complexity index is 517. The van der Waals surface area contributed by atoms with Crippen LogP contribution in [0.2, 0.25) is 0 Å². The summed E-state index contributed by atoms with van der Waals surface area (Å²) < 4.78 is 2.07. The highest BCUT2D eigenvalue weighted by Gasteiger charge is 2.43. The van der Waals surface area contributed by atoms with Crippen molar-refractivity contribution in [2.45, 2.75) is 58.1 Å². The minimum atomic E-state index is -0.506. The van der Waals surface area contributed by atoms with Crippen LogP contribution in [0.25, 0.3) is 0 Å². The number of rotatable bonds is 2. The largest absolute Gasteiger partial charge is 0.389 e. The number of carbonyl (C=O) groups is 1. The number of hydrogen-bond acceptors (Lipinski definition) is 2. The molecule has 0 aromatic carbocycles. The van der Waals surface area contributed by atoms with Gasteiger partial charge < -0.3 is 14.6 Å². The predicted molar refractivity (Wildman–Crippen MR) is 82.0 cm³/mol. The lowest BCUT2D eigenvalue weighted by Gasteiger charge is -2.47. The highest BCUT2D eigenvalue weighted by atomic mass is 16.3. The number of aryl methyl sites for hydroxylation is 2. The summed E-state index contributed by atoms with van der Waals surface area (Å²) >= 11 is 0. The van der Waals surface area contributed by atoms with E-state index in [1.165, 1.54) is 6.42 Å². The Labute approximate surface area is 126 Å². The number of likely N-dealkylation sites (tertiary alicyclic amines) is 1. The van der Waals surface area contributed by atoms with Gasteiger partial charge in [-0.1, -0.05) is 12.8 Å². The zero-order valence-electron chi connectivity index (χ0n) is 13.1. The van der Waals surface area contributed by atoms with Gasteiger partial charge in [0.15, 0.2) is 0 Å². The third kappa shape index (κ3) is 2.73. The molecule has 0 radical (unpaired) electrons. The Balaban J connectivity index is 1.66. The van der Waals surface area contributed by atoms with E-state index in [2.05, 4.69) is 16.7 Å².